The van der Waals surface area contributed by atoms with E-state index in [0.717, 1.165) is 11.1 Å². The van der Waals surface area contributed by atoms with Gasteiger partial charge in [-0.1, -0.05) is 44.2 Å². The van der Waals surface area contributed by atoms with Crippen LogP contribution in [0.2, 0.25) is 0 Å². The predicted molar refractivity (Wildman–Crippen MR) is 80.0 cm³/mol. The monoisotopic (exact) mass is 256 g/mol. The zero-order valence-electron chi connectivity index (χ0n) is 11.4. The fourth-order valence-corrected chi connectivity index (χ4v) is 2.18. The third-order valence-corrected chi connectivity index (χ3v) is 3.41. The molecule has 19 heavy (non-hydrogen) atoms. The van der Waals surface area contributed by atoms with Gasteiger partial charge in [0.25, 0.3) is 0 Å². The van der Waals surface area contributed by atoms with Gasteiger partial charge in [0, 0.05) is 12.2 Å². The second-order valence-electron chi connectivity index (χ2n) is 5.14. The Labute approximate surface area is 113 Å². The number of fused-ring (bicyclic) bond motifs is 1. The molecule has 0 aliphatic rings. The van der Waals surface area contributed by atoms with Crippen LogP contribution in [-0.4, -0.2) is 12.5 Å². The summed E-state index contributed by atoms with van der Waals surface area (Å²) in [7, 11) is 0. The van der Waals surface area contributed by atoms with Crippen LogP contribution in [0.3, 0.4) is 0 Å². The number of amides is 1. The highest BCUT2D eigenvalue weighted by Gasteiger charge is 2.20. The minimum atomic E-state index is -0.147. The average molecular weight is 256 g/mol. The van der Waals surface area contributed by atoms with Crippen LogP contribution in [0.15, 0.2) is 42.5 Å². The number of carbonyl (C=O) groups excluding carboxylic acids is 1. The molecule has 3 nitrogen and oxygen atoms in total. The molecule has 1 unspecified atom stereocenters. The summed E-state index contributed by atoms with van der Waals surface area (Å²) in [6.45, 7) is 4.39. The standard InChI is InChI=1S/C16H20N2O/c1-11(2)15(10-17)16(19)18-14-8-7-12-5-3-4-6-13(12)9-14/h3-9,11,15H,10,17H2,1-2H3,(H,18,19). The molecule has 0 spiro atoms. The summed E-state index contributed by atoms with van der Waals surface area (Å²) in [5.41, 5.74) is 6.48. The van der Waals surface area contributed by atoms with Crippen LogP contribution in [0.25, 0.3) is 10.8 Å². The van der Waals surface area contributed by atoms with Crippen molar-refractivity contribution in [1.29, 1.82) is 0 Å². The predicted octanol–water partition coefficient (Wildman–Crippen LogP) is 3.01. The summed E-state index contributed by atoms with van der Waals surface area (Å²) in [6, 6.07) is 14.0. The van der Waals surface area contributed by atoms with Crippen molar-refractivity contribution in [2.75, 3.05) is 11.9 Å². The third-order valence-electron chi connectivity index (χ3n) is 3.41. The van der Waals surface area contributed by atoms with Gasteiger partial charge in [0.2, 0.25) is 5.91 Å². The number of anilines is 1. The van der Waals surface area contributed by atoms with E-state index in [4.69, 9.17) is 5.73 Å². The highest BCUT2D eigenvalue weighted by molar-refractivity contribution is 5.95. The molecule has 0 radical (unpaired) electrons. The van der Waals surface area contributed by atoms with Crippen LogP contribution < -0.4 is 11.1 Å². The zero-order valence-corrected chi connectivity index (χ0v) is 11.4. The SMILES string of the molecule is CC(C)C(CN)C(=O)Nc1ccc2ccccc2c1. The van der Waals surface area contributed by atoms with Crippen LogP contribution in [0.1, 0.15) is 13.8 Å². The van der Waals surface area contributed by atoms with Crippen molar-refractivity contribution >= 4 is 22.4 Å². The van der Waals surface area contributed by atoms with Gasteiger partial charge in [-0.2, -0.15) is 0 Å². The molecule has 1 atom stereocenters. The van der Waals surface area contributed by atoms with Gasteiger partial charge < -0.3 is 11.1 Å². The molecular weight excluding hydrogens is 236 g/mol. The van der Waals surface area contributed by atoms with Crippen LogP contribution in [-0.2, 0) is 4.79 Å². The van der Waals surface area contributed by atoms with Crippen molar-refractivity contribution in [2.45, 2.75) is 13.8 Å². The summed E-state index contributed by atoms with van der Waals surface area (Å²) >= 11 is 0. The van der Waals surface area contributed by atoms with Crippen LogP contribution >= 0.6 is 0 Å². The quantitative estimate of drug-likeness (QED) is 0.883. The number of hydrogen-bond donors (Lipinski definition) is 2. The zero-order chi connectivity index (χ0) is 13.8. The lowest BCUT2D eigenvalue weighted by Gasteiger charge is -2.18. The Morgan fingerprint density at radius 2 is 1.84 bits per heavy atom. The Balaban J connectivity index is 2.19. The van der Waals surface area contributed by atoms with E-state index in [9.17, 15) is 4.79 Å². The molecule has 100 valence electrons. The Kier molecular flexibility index (Phi) is 4.17. The van der Waals surface area contributed by atoms with Gasteiger partial charge in [0.15, 0.2) is 0 Å². The molecule has 0 fully saturated rings. The Hall–Kier alpha value is -1.87. The number of benzene rings is 2. The first-order valence-corrected chi connectivity index (χ1v) is 6.61. The van der Waals surface area contributed by atoms with E-state index in [1.54, 1.807) is 0 Å². The molecule has 2 aromatic rings. The second kappa shape index (κ2) is 5.85. The topological polar surface area (TPSA) is 55.1 Å². The Morgan fingerprint density at radius 3 is 2.47 bits per heavy atom. The summed E-state index contributed by atoms with van der Waals surface area (Å²) in [4.78, 5) is 12.1. The van der Waals surface area contributed by atoms with E-state index in [1.807, 2.05) is 50.2 Å². The molecule has 0 aromatic heterocycles. The van der Waals surface area contributed by atoms with E-state index in [-0.39, 0.29) is 17.7 Å². The Morgan fingerprint density at radius 1 is 1.16 bits per heavy atom. The van der Waals surface area contributed by atoms with Gasteiger partial charge in [-0.3, -0.25) is 4.79 Å². The molecule has 3 N–H and O–H groups in total. The normalized spacial score (nSPS) is 12.6. The molecule has 0 saturated carbocycles. The maximum Gasteiger partial charge on any atom is 0.229 e. The van der Waals surface area contributed by atoms with Gasteiger partial charge in [-0.05, 0) is 28.8 Å². The molecule has 0 heterocycles. The van der Waals surface area contributed by atoms with Gasteiger partial charge in [-0.25, -0.2) is 0 Å². The Bertz CT molecular complexity index is 578. The fraction of sp³-hybridized carbons (Fsp3) is 0.312. The molecular formula is C16H20N2O. The number of nitrogens with one attached hydrogen (secondary N) is 1. The highest BCUT2D eigenvalue weighted by Crippen LogP contribution is 2.20. The summed E-state index contributed by atoms with van der Waals surface area (Å²) < 4.78 is 0. The van der Waals surface area contributed by atoms with Gasteiger partial charge >= 0.3 is 0 Å². The highest BCUT2D eigenvalue weighted by atomic mass is 16.1. The van der Waals surface area contributed by atoms with Crippen molar-refractivity contribution in [3.63, 3.8) is 0 Å². The van der Waals surface area contributed by atoms with E-state index in [2.05, 4.69) is 11.4 Å². The first kappa shape index (κ1) is 13.6. The van der Waals surface area contributed by atoms with E-state index in [0.29, 0.717) is 6.54 Å². The number of rotatable bonds is 4. The lowest BCUT2D eigenvalue weighted by molar-refractivity contribution is -0.120. The molecule has 1 amide bonds. The lowest BCUT2D eigenvalue weighted by atomic mass is 9.95. The second-order valence-corrected chi connectivity index (χ2v) is 5.14. The molecule has 0 aliphatic heterocycles. The third kappa shape index (κ3) is 3.12. The summed E-state index contributed by atoms with van der Waals surface area (Å²) in [5, 5.41) is 5.23. The fourth-order valence-electron chi connectivity index (χ4n) is 2.18. The maximum atomic E-state index is 12.1. The van der Waals surface area contributed by atoms with Crippen LogP contribution in [0, 0.1) is 11.8 Å². The van der Waals surface area contributed by atoms with Crippen LogP contribution in [0.5, 0.6) is 0 Å². The van der Waals surface area contributed by atoms with Crippen molar-refractivity contribution in [1.82, 2.24) is 0 Å². The molecule has 0 saturated heterocycles. The smallest absolute Gasteiger partial charge is 0.229 e. The largest absolute Gasteiger partial charge is 0.330 e. The summed E-state index contributed by atoms with van der Waals surface area (Å²) in [6.07, 6.45) is 0. The van der Waals surface area contributed by atoms with Crippen molar-refractivity contribution in [3.05, 3.63) is 42.5 Å². The van der Waals surface area contributed by atoms with Crippen molar-refractivity contribution < 1.29 is 4.79 Å². The number of nitrogens with two attached hydrogens (primary N) is 1. The number of carbonyl (C=O) groups is 1. The lowest BCUT2D eigenvalue weighted by Crippen LogP contribution is -2.33. The molecule has 3 heteroatoms. The molecule has 2 rings (SSSR count). The van der Waals surface area contributed by atoms with Crippen molar-refractivity contribution in [3.8, 4) is 0 Å². The van der Waals surface area contributed by atoms with E-state index >= 15 is 0 Å². The first-order valence-electron chi connectivity index (χ1n) is 6.61. The maximum absolute atomic E-state index is 12.1. The minimum absolute atomic E-state index is 0.00668. The van der Waals surface area contributed by atoms with Crippen molar-refractivity contribution in [2.24, 2.45) is 17.6 Å². The van der Waals surface area contributed by atoms with E-state index in [1.165, 1.54) is 5.39 Å². The molecule has 2 aromatic carbocycles. The number of hydrogen-bond acceptors (Lipinski definition) is 2. The summed E-state index contributed by atoms with van der Waals surface area (Å²) in [5.74, 6) is 0.0877. The van der Waals surface area contributed by atoms with E-state index < -0.39 is 0 Å². The molecule has 0 bridgehead atoms. The first-order chi connectivity index (χ1) is 9.11. The minimum Gasteiger partial charge on any atom is -0.330 e. The van der Waals surface area contributed by atoms with Gasteiger partial charge in [-0.15, -0.1) is 0 Å². The van der Waals surface area contributed by atoms with Gasteiger partial charge in [0.05, 0.1) is 5.92 Å². The average Bonchev–Trinajstić information content (AvgIpc) is 2.39. The van der Waals surface area contributed by atoms with Crippen LogP contribution in [0.4, 0.5) is 5.69 Å². The molecule has 0 aliphatic carbocycles. The van der Waals surface area contributed by atoms with Gasteiger partial charge in [0.1, 0.15) is 0 Å².